The van der Waals surface area contributed by atoms with Crippen LogP contribution >= 0.6 is 0 Å². The number of aryl methyl sites for hydroxylation is 1. The number of nitrogens with zero attached hydrogens (tertiary/aromatic N) is 4. The minimum Gasteiger partial charge on any atom is -0.378 e. The van der Waals surface area contributed by atoms with Crippen molar-refractivity contribution in [3.63, 3.8) is 0 Å². The molecule has 198 valence electrons. The van der Waals surface area contributed by atoms with Crippen LogP contribution in [0.3, 0.4) is 0 Å². The summed E-state index contributed by atoms with van der Waals surface area (Å²) in [7, 11) is 4.07. The van der Waals surface area contributed by atoms with Crippen LogP contribution < -0.4 is 15.5 Å². The Bertz CT molecular complexity index is 1640. The van der Waals surface area contributed by atoms with Gasteiger partial charge in [-0.05, 0) is 53.8 Å². The molecule has 0 saturated carbocycles. The highest BCUT2D eigenvalue weighted by atomic mass is 16.2. The van der Waals surface area contributed by atoms with E-state index in [0.717, 1.165) is 50.3 Å². The highest BCUT2D eigenvalue weighted by molar-refractivity contribution is 6.09. The van der Waals surface area contributed by atoms with Crippen LogP contribution in [0.2, 0.25) is 0 Å². The fraction of sp³-hybridized carbons (Fsp3) is 0.219. The predicted molar refractivity (Wildman–Crippen MR) is 161 cm³/mol. The molecule has 0 aliphatic heterocycles. The fourth-order valence-corrected chi connectivity index (χ4v) is 4.50. The third-order valence-corrected chi connectivity index (χ3v) is 6.71. The Morgan fingerprint density at radius 2 is 1.64 bits per heavy atom. The highest BCUT2D eigenvalue weighted by Gasteiger charge is 2.22. The van der Waals surface area contributed by atoms with Crippen LogP contribution in [0.25, 0.3) is 27.6 Å². The molecule has 5 rings (SSSR count). The molecule has 0 bridgehead atoms. The van der Waals surface area contributed by atoms with Crippen LogP contribution in [0, 0.1) is 6.92 Å². The van der Waals surface area contributed by atoms with Gasteiger partial charge in [-0.25, -0.2) is 9.48 Å². The lowest BCUT2D eigenvalue weighted by Gasteiger charge is -2.16. The van der Waals surface area contributed by atoms with E-state index in [1.54, 1.807) is 10.9 Å². The molecule has 0 unspecified atom stereocenters. The van der Waals surface area contributed by atoms with E-state index in [0.29, 0.717) is 5.82 Å². The second-order valence-electron chi connectivity index (χ2n) is 11.0. The third-order valence-electron chi connectivity index (χ3n) is 6.71. The molecule has 2 N–H and O–H groups in total. The van der Waals surface area contributed by atoms with Crippen molar-refractivity contribution in [1.82, 2.24) is 14.8 Å². The molecule has 0 radical (unpaired) electrons. The van der Waals surface area contributed by atoms with Gasteiger partial charge in [0, 0.05) is 42.3 Å². The maximum Gasteiger partial charge on any atom is 0.324 e. The van der Waals surface area contributed by atoms with E-state index in [1.165, 1.54) is 0 Å². The maximum atomic E-state index is 13.3. The van der Waals surface area contributed by atoms with Crippen molar-refractivity contribution >= 4 is 34.0 Å². The first kappa shape index (κ1) is 26.0. The van der Waals surface area contributed by atoms with E-state index in [9.17, 15) is 4.79 Å². The fourth-order valence-electron chi connectivity index (χ4n) is 4.50. The summed E-state index contributed by atoms with van der Waals surface area (Å²) in [6.45, 7) is 8.23. The lowest BCUT2D eigenvalue weighted by atomic mass is 9.92. The lowest BCUT2D eigenvalue weighted by molar-refractivity contribution is 0.262. The SMILES string of the molecule is Cc1ccc(-n2nc(C(C)(C)C)cc2NC(=O)Nc2ccc(-c3cccc(N(C)C)c3)c3ccccc23)cn1. The first-order chi connectivity index (χ1) is 18.6. The monoisotopic (exact) mass is 518 g/mol. The van der Waals surface area contributed by atoms with Gasteiger partial charge in [-0.3, -0.25) is 10.3 Å². The molecule has 3 aromatic carbocycles. The molecule has 39 heavy (non-hydrogen) atoms. The Kier molecular flexibility index (Phi) is 6.83. The number of carbonyl (C=O) groups excluding carboxylic acids is 1. The van der Waals surface area contributed by atoms with Crippen LogP contribution in [0.15, 0.2) is 85.1 Å². The molecule has 0 saturated heterocycles. The number of hydrogen-bond donors (Lipinski definition) is 2. The molecule has 7 heteroatoms. The lowest BCUT2D eigenvalue weighted by Crippen LogP contribution is -2.21. The number of pyridine rings is 1. The summed E-state index contributed by atoms with van der Waals surface area (Å²) in [4.78, 5) is 19.8. The minimum atomic E-state index is -0.343. The van der Waals surface area contributed by atoms with Crippen molar-refractivity contribution in [2.45, 2.75) is 33.1 Å². The van der Waals surface area contributed by atoms with Crippen LogP contribution in [-0.2, 0) is 5.41 Å². The average molecular weight is 519 g/mol. The first-order valence-electron chi connectivity index (χ1n) is 13.0. The van der Waals surface area contributed by atoms with Gasteiger partial charge in [-0.2, -0.15) is 5.10 Å². The third kappa shape index (κ3) is 5.48. The molecule has 2 amide bonds. The van der Waals surface area contributed by atoms with Gasteiger partial charge in [0.2, 0.25) is 0 Å². The van der Waals surface area contributed by atoms with Gasteiger partial charge in [0.15, 0.2) is 0 Å². The van der Waals surface area contributed by atoms with E-state index in [-0.39, 0.29) is 11.4 Å². The van der Waals surface area contributed by atoms with E-state index >= 15 is 0 Å². The van der Waals surface area contributed by atoms with Crippen molar-refractivity contribution in [3.05, 3.63) is 96.4 Å². The van der Waals surface area contributed by atoms with Gasteiger partial charge in [0.05, 0.1) is 23.3 Å². The van der Waals surface area contributed by atoms with Gasteiger partial charge < -0.3 is 10.2 Å². The Morgan fingerprint density at radius 1 is 0.872 bits per heavy atom. The standard InChI is InChI=1S/C32H34N6O/c1-21-14-15-24(20-33-21)38-30(19-29(36-38)32(2,3)4)35-31(39)34-28-17-16-25(26-12-7-8-13-27(26)28)22-10-9-11-23(18-22)37(5)6/h7-20H,1-6H3,(H2,34,35,39). The number of fused-ring (bicyclic) bond motifs is 1. The number of aromatic nitrogens is 3. The van der Waals surface area contributed by atoms with E-state index in [1.807, 2.05) is 63.5 Å². The second-order valence-corrected chi connectivity index (χ2v) is 11.0. The summed E-state index contributed by atoms with van der Waals surface area (Å²) in [5, 5.41) is 12.9. The van der Waals surface area contributed by atoms with Gasteiger partial charge in [0.1, 0.15) is 5.82 Å². The summed E-state index contributed by atoms with van der Waals surface area (Å²) in [6, 6.07) is 26.0. The summed E-state index contributed by atoms with van der Waals surface area (Å²) in [5.74, 6) is 0.574. The van der Waals surface area contributed by atoms with Crippen molar-refractivity contribution in [2.75, 3.05) is 29.6 Å². The number of benzene rings is 3. The predicted octanol–water partition coefficient (Wildman–Crippen LogP) is 7.40. The molecule has 2 aromatic heterocycles. The molecule has 0 aliphatic carbocycles. The Labute approximate surface area is 229 Å². The number of urea groups is 1. The van der Waals surface area contributed by atoms with E-state index < -0.39 is 0 Å². The van der Waals surface area contributed by atoms with Gasteiger partial charge in [0.25, 0.3) is 0 Å². The van der Waals surface area contributed by atoms with Crippen LogP contribution in [0.1, 0.15) is 32.2 Å². The van der Waals surface area contributed by atoms with Crippen LogP contribution in [-0.4, -0.2) is 34.9 Å². The normalized spacial score (nSPS) is 11.4. The zero-order chi connectivity index (χ0) is 27.7. The Balaban J connectivity index is 1.47. The quantitative estimate of drug-likeness (QED) is 0.254. The van der Waals surface area contributed by atoms with E-state index in [4.69, 9.17) is 5.10 Å². The number of nitrogens with one attached hydrogen (secondary N) is 2. The summed E-state index contributed by atoms with van der Waals surface area (Å²) in [6.07, 6.45) is 1.76. The topological polar surface area (TPSA) is 75.1 Å². The number of carbonyl (C=O) groups is 1. The number of hydrogen-bond acceptors (Lipinski definition) is 4. The van der Waals surface area contributed by atoms with Gasteiger partial charge in [-0.1, -0.05) is 63.2 Å². The van der Waals surface area contributed by atoms with Crippen molar-refractivity contribution in [3.8, 4) is 16.8 Å². The first-order valence-corrected chi connectivity index (χ1v) is 13.0. The molecule has 0 spiro atoms. The van der Waals surface area contributed by atoms with Crippen molar-refractivity contribution in [2.24, 2.45) is 0 Å². The molecule has 0 fully saturated rings. The summed E-state index contributed by atoms with van der Waals surface area (Å²) in [5.41, 5.74) is 6.47. The van der Waals surface area contributed by atoms with Crippen molar-refractivity contribution in [1.29, 1.82) is 0 Å². The number of anilines is 3. The van der Waals surface area contributed by atoms with Crippen LogP contribution in [0.4, 0.5) is 22.0 Å². The Hall–Kier alpha value is -4.65. The second kappa shape index (κ2) is 10.3. The maximum absolute atomic E-state index is 13.3. The highest BCUT2D eigenvalue weighted by Crippen LogP contribution is 2.35. The minimum absolute atomic E-state index is 0.188. The van der Waals surface area contributed by atoms with Crippen molar-refractivity contribution < 1.29 is 4.79 Å². The molecular weight excluding hydrogens is 484 g/mol. The zero-order valence-corrected chi connectivity index (χ0v) is 23.3. The average Bonchev–Trinajstić information content (AvgIpc) is 3.33. The van der Waals surface area contributed by atoms with Gasteiger partial charge >= 0.3 is 6.03 Å². The van der Waals surface area contributed by atoms with Crippen LogP contribution in [0.5, 0.6) is 0 Å². The molecule has 0 aliphatic rings. The molecule has 7 nitrogen and oxygen atoms in total. The molecule has 0 atom stereocenters. The smallest absolute Gasteiger partial charge is 0.324 e. The zero-order valence-electron chi connectivity index (χ0n) is 23.3. The van der Waals surface area contributed by atoms with E-state index in [2.05, 4.69) is 77.7 Å². The Morgan fingerprint density at radius 3 is 2.33 bits per heavy atom. The molecular formula is C32H34N6O. The molecule has 2 heterocycles. The largest absolute Gasteiger partial charge is 0.378 e. The van der Waals surface area contributed by atoms with Gasteiger partial charge in [-0.15, -0.1) is 0 Å². The number of rotatable bonds is 5. The molecule has 5 aromatic rings. The summed E-state index contributed by atoms with van der Waals surface area (Å²) < 4.78 is 1.73. The number of amides is 2. The summed E-state index contributed by atoms with van der Waals surface area (Å²) >= 11 is 0.